The van der Waals surface area contributed by atoms with Crippen LogP contribution in [0.3, 0.4) is 0 Å². The van der Waals surface area contributed by atoms with E-state index >= 15 is 0 Å². The second-order valence-corrected chi connectivity index (χ2v) is 8.19. The predicted molar refractivity (Wildman–Crippen MR) is 96.9 cm³/mol. The van der Waals surface area contributed by atoms with E-state index in [9.17, 15) is 4.79 Å². The van der Waals surface area contributed by atoms with Gasteiger partial charge in [0.15, 0.2) is 0 Å². The number of nitrogens with one attached hydrogen (secondary N) is 1. The average molecular weight is 336 g/mol. The number of fused-ring (bicyclic) bond motifs is 4. The van der Waals surface area contributed by atoms with Gasteiger partial charge in [0.1, 0.15) is 0 Å². The lowest BCUT2D eigenvalue weighted by atomic mass is 9.95. The number of anilines is 2. The van der Waals surface area contributed by atoms with Crippen molar-refractivity contribution in [3.05, 3.63) is 48.5 Å². The second-order valence-electron chi connectivity index (χ2n) is 7.10. The molecule has 122 valence electrons. The van der Waals surface area contributed by atoms with Crippen molar-refractivity contribution in [2.45, 2.75) is 41.5 Å². The van der Waals surface area contributed by atoms with Gasteiger partial charge in [0.05, 0.1) is 11.4 Å². The molecule has 1 aliphatic heterocycles. The van der Waals surface area contributed by atoms with Crippen molar-refractivity contribution >= 4 is 29.2 Å². The first kappa shape index (κ1) is 14.4. The number of urea groups is 1. The molecule has 2 aliphatic carbocycles. The zero-order chi connectivity index (χ0) is 16.1. The highest BCUT2D eigenvalue weighted by Gasteiger charge is 2.41. The minimum absolute atomic E-state index is 0.0211. The quantitative estimate of drug-likeness (QED) is 0.777. The van der Waals surface area contributed by atoms with Crippen LogP contribution in [0.4, 0.5) is 16.2 Å². The summed E-state index contributed by atoms with van der Waals surface area (Å²) in [5.74, 6) is 1.51. The fourth-order valence-corrected chi connectivity index (χ4v) is 5.63. The maximum absolute atomic E-state index is 13.2. The molecule has 5 rings (SSSR count). The van der Waals surface area contributed by atoms with Gasteiger partial charge < -0.3 is 5.32 Å². The third kappa shape index (κ3) is 2.24. The molecular formula is C20H20N2OS. The Labute approximate surface area is 146 Å². The lowest BCUT2D eigenvalue weighted by molar-refractivity contribution is 0.238. The van der Waals surface area contributed by atoms with Crippen molar-refractivity contribution in [3.63, 3.8) is 0 Å². The molecule has 1 heterocycles. The molecule has 2 fully saturated rings. The zero-order valence-corrected chi connectivity index (χ0v) is 14.3. The molecular weight excluding hydrogens is 316 g/mol. The van der Waals surface area contributed by atoms with Crippen molar-refractivity contribution in [1.29, 1.82) is 0 Å². The van der Waals surface area contributed by atoms with Crippen molar-refractivity contribution in [3.8, 4) is 0 Å². The summed E-state index contributed by atoms with van der Waals surface area (Å²) in [4.78, 5) is 17.3. The summed E-state index contributed by atoms with van der Waals surface area (Å²) < 4.78 is 0. The fourth-order valence-electron chi connectivity index (χ4n) is 4.57. The Hall–Kier alpha value is -1.94. The number of rotatable bonds is 1. The second kappa shape index (κ2) is 5.55. The van der Waals surface area contributed by atoms with Crippen LogP contribution >= 0.6 is 11.8 Å². The van der Waals surface area contributed by atoms with Gasteiger partial charge in [-0.2, -0.15) is 0 Å². The van der Waals surface area contributed by atoms with E-state index in [4.69, 9.17) is 0 Å². The number of amides is 2. The topological polar surface area (TPSA) is 32.3 Å². The van der Waals surface area contributed by atoms with Gasteiger partial charge in [-0.05, 0) is 55.4 Å². The van der Waals surface area contributed by atoms with E-state index in [1.807, 2.05) is 41.3 Å². The van der Waals surface area contributed by atoms with E-state index in [-0.39, 0.29) is 6.03 Å². The van der Waals surface area contributed by atoms with E-state index < -0.39 is 0 Å². The van der Waals surface area contributed by atoms with Gasteiger partial charge in [0.2, 0.25) is 0 Å². The molecule has 1 N–H and O–H groups in total. The summed E-state index contributed by atoms with van der Waals surface area (Å²) >= 11 is 1.74. The smallest absolute Gasteiger partial charge is 0.326 e. The molecule has 0 unspecified atom stereocenters. The van der Waals surface area contributed by atoms with Gasteiger partial charge in [-0.15, -0.1) is 0 Å². The monoisotopic (exact) mass is 336 g/mol. The van der Waals surface area contributed by atoms with Crippen LogP contribution in [0.15, 0.2) is 58.3 Å². The van der Waals surface area contributed by atoms with Crippen LogP contribution in [-0.2, 0) is 0 Å². The highest BCUT2D eigenvalue weighted by Crippen LogP contribution is 2.48. The molecule has 0 radical (unpaired) electrons. The summed E-state index contributed by atoms with van der Waals surface area (Å²) in [6, 6.07) is 16.7. The van der Waals surface area contributed by atoms with Crippen LogP contribution < -0.4 is 10.2 Å². The number of para-hydroxylation sites is 2. The predicted octanol–water partition coefficient (Wildman–Crippen LogP) is 5.19. The maximum atomic E-state index is 13.2. The summed E-state index contributed by atoms with van der Waals surface area (Å²) in [5.41, 5.74) is 1.98. The Morgan fingerprint density at radius 3 is 2.21 bits per heavy atom. The van der Waals surface area contributed by atoms with Crippen LogP contribution in [0.25, 0.3) is 0 Å². The normalized spacial score (nSPS) is 26.8. The Morgan fingerprint density at radius 2 is 1.62 bits per heavy atom. The molecule has 3 aliphatic rings. The number of benzene rings is 2. The minimum Gasteiger partial charge on any atom is -0.334 e. The van der Waals surface area contributed by atoms with Crippen LogP contribution in [-0.4, -0.2) is 12.1 Å². The first-order valence-electron chi connectivity index (χ1n) is 8.76. The summed E-state index contributed by atoms with van der Waals surface area (Å²) in [6.07, 6.45) is 5.08. The summed E-state index contributed by atoms with van der Waals surface area (Å²) in [6.45, 7) is 0. The van der Waals surface area contributed by atoms with Gasteiger partial charge in [0.25, 0.3) is 0 Å². The lowest BCUT2D eigenvalue weighted by Crippen LogP contribution is -2.45. The van der Waals surface area contributed by atoms with E-state index in [2.05, 4.69) is 17.4 Å². The van der Waals surface area contributed by atoms with Gasteiger partial charge in [-0.3, -0.25) is 4.90 Å². The van der Waals surface area contributed by atoms with Crippen molar-refractivity contribution in [2.75, 3.05) is 4.90 Å². The molecule has 4 heteroatoms. The number of hydrogen-bond acceptors (Lipinski definition) is 2. The minimum atomic E-state index is 0.0211. The van der Waals surface area contributed by atoms with E-state index in [1.54, 1.807) is 11.8 Å². The molecule has 2 aromatic rings. The van der Waals surface area contributed by atoms with Crippen LogP contribution in [0.1, 0.15) is 25.7 Å². The van der Waals surface area contributed by atoms with Crippen molar-refractivity contribution in [1.82, 2.24) is 5.32 Å². The SMILES string of the molecule is O=C(N[C@@H]1C[C@H]2CC[C@H]1C2)N1c2ccccc2Sc2ccccc21. The summed E-state index contributed by atoms with van der Waals surface area (Å²) in [7, 11) is 0. The van der Waals surface area contributed by atoms with Crippen molar-refractivity contribution < 1.29 is 4.79 Å². The average Bonchev–Trinajstić information content (AvgIpc) is 3.22. The molecule has 2 bridgehead atoms. The lowest BCUT2D eigenvalue weighted by Gasteiger charge is -2.33. The molecule has 2 amide bonds. The maximum Gasteiger partial charge on any atom is 0.326 e. The molecule has 0 aromatic heterocycles. The number of carbonyl (C=O) groups excluding carboxylic acids is 1. The largest absolute Gasteiger partial charge is 0.334 e. The van der Waals surface area contributed by atoms with Crippen LogP contribution in [0, 0.1) is 11.8 Å². The van der Waals surface area contributed by atoms with Crippen LogP contribution in [0.2, 0.25) is 0 Å². The Balaban J connectivity index is 1.49. The number of carbonyl (C=O) groups is 1. The first-order chi connectivity index (χ1) is 11.8. The standard InChI is InChI=1S/C20H20N2OS/c23-20(21-15-12-13-9-10-14(15)11-13)22-16-5-1-3-7-18(16)24-19-8-4-2-6-17(19)22/h1-8,13-15H,9-12H2,(H,21,23)/t13-,14-,15+/m0/s1. The van der Waals surface area contributed by atoms with E-state index in [0.717, 1.165) is 33.5 Å². The highest BCUT2D eigenvalue weighted by atomic mass is 32.2. The molecule has 3 atom stereocenters. The van der Waals surface area contributed by atoms with Gasteiger partial charge >= 0.3 is 6.03 Å². The Morgan fingerprint density at radius 1 is 0.958 bits per heavy atom. The van der Waals surface area contributed by atoms with E-state index in [1.165, 1.54) is 19.3 Å². The number of hydrogen-bond donors (Lipinski definition) is 1. The van der Waals surface area contributed by atoms with E-state index in [0.29, 0.717) is 12.0 Å². The Bertz CT molecular complexity index is 760. The molecule has 0 spiro atoms. The molecule has 2 aromatic carbocycles. The number of nitrogens with zero attached hydrogens (tertiary/aromatic N) is 1. The van der Waals surface area contributed by atoms with Gasteiger partial charge in [-0.25, -0.2) is 4.79 Å². The van der Waals surface area contributed by atoms with Crippen LogP contribution in [0.5, 0.6) is 0 Å². The molecule has 24 heavy (non-hydrogen) atoms. The van der Waals surface area contributed by atoms with Crippen molar-refractivity contribution in [2.24, 2.45) is 11.8 Å². The fraction of sp³-hybridized carbons (Fsp3) is 0.350. The third-order valence-corrected chi connectivity index (χ3v) is 6.81. The van der Waals surface area contributed by atoms with Gasteiger partial charge in [-0.1, -0.05) is 42.4 Å². The molecule has 2 saturated carbocycles. The zero-order valence-electron chi connectivity index (χ0n) is 13.4. The molecule has 3 nitrogen and oxygen atoms in total. The Kier molecular flexibility index (Phi) is 3.33. The van der Waals surface area contributed by atoms with Gasteiger partial charge in [0, 0.05) is 15.8 Å². The highest BCUT2D eigenvalue weighted by molar-refractivity contribution is 7.99. The molecule has 0 saturated heterocycles. The third-order valence-electron chi connectivity index (χ3n) is 5.68. The first-order valence-corrected chi connectivity index (χ1v) is 9.58. The summed E-state index contributed by atoms with van der Waals surface area (Å²) in [5, 5.41) is 3.34.